The molecule has 3 rings (SSSR count). The van der Waals surface area contributed by atoms with Crippen molar-refractivity contribution in [2.24, 2.45) is 0 Å². The first-order valence-electron chi connectivity index (χ1n) is 8.27. The third-order valence-electron chi connectivity index (χ3n) is 4.24. The van der Waals surface area contributed by atoms with E-state index in [0.717, 1.165) is 0 Å². The summed E-state index contributed by atoms with van der Waals surface area (Å²) in [5.41, 5.74) is 1.42. The fourth-order valence-electron chi connectivity index (χ4n) is 2.93. The van der Waals surface area contributed by atoms with E-state index in [-0.39, 0.29) is 11.2 Å². The number of nitro groups is 1. The molecule has 0 unspecified atom stereocenters. The molecule has 0 saturated carbocycles. The van der Waals surface area contributed by atoms with Crippen molar-refractivity contribution in [1.29, 1.82) is 0 Å². The predicted octanol–water partition coefficient (Wildman–Crippen LogP) is 3.44. The second-order valence-corrected chi connectivity index (χ2v) is 5.77. The Balaban J connectivity index is 2.24. The van der Waals surface area contributed by atoms with Crippen LogP contribution < -0.4 is 19.8 Å². The quantitative estimate of drug-likeness (QED) is 0.479. The highest BCUT2D eigenvalue weighted by Gasteiger charge is 2.17. The van der Waals surface area contributed by atoms with Crippen molar-refractivity contribution >= 4 is 5.69 Å². The molecule has 0 N–H and O–H groups in total. The summed E-state index contributed by atoms with van der Waals surface area (Å²) in [7, 11) is 4.48. The minimum absolute atomic E-state index is 0.0265. The van der Waals surface area contributed by atoms with Gasteiger partial charge in [-0.3, -0.25) is 19.5 Å². The van der Waals surface area contributed by atoms with Gasteiger partial charge in [-0.25, -0.2) is 0 Å². The molecule has 8 heteroatoms. The minimum Gasteiger partial charge on any atom is -0.493 e. The van der Waals surface area contributed by atoms with Crippen LogP contribution in [0, 0.1) is 10.1 Å². The molecule has 0 amide bonds. The van der Waals surface area contributed by atoms with Crippen molar-refractivity contribution < 1.29 is 19.1 Å². The smallest absolute Gasteiger partial charge is 0.269 e. The Hall–Kier alpha value is -3.81. The number of benzene rings is 2. The van der Waals surface area contributed by atoms with Crippen LogP contribution >= 0.6 is 0 Å². The number of rotatable bonds is 6. The molecule has 0 saturated heterocycles. The van der Waals surface area contributed by atoms with Crippen molar-refractivity contribution in [3.8, 4) is 34.2 Å². The lowest BCUT2D eigenvalue weighted by Crippen LogP contribution is -2.19. The van der Waals surface area contributed by atoms with E-state index < -0.39 is 4.92 Å². The molecule has 8 nitrogen and oxygen atoms in total. The van der Waals surface area contributed by atoms with Gasteiger partial charge in [0.15, 0.2) is 11.5 Å². The van der Waals surface area contributed by atoms with Gasteiger partial charge in [-0.1, -0.05) is 6.07 Å². The number of hydrogen-bond acceptors (Lipinski definition) is 6. The van der Waals surface area contributed by atoms with Gasteiger partial charge in [0.05, 0.1) is 37.6 Å². The first kappa shape index (κ1) is 19.0. The Morgan fingerprint density at radius 2 is 1.50 bits per heavy atom. The van der Waals surface area contributed by atoms with E-state index in [9.17, 15) is 14.9 Å². The molecule has 0 bridgehead atoms. The highest BCUT2D eigenvalue weighted by Crippen LogP contribution is 2.39. The third kappa shape index (κ3) is 3.39. The summed E-state index contributed by atoms with van der Waals surface area (Å²) in [5.74, 6) is 1.22. The zero-order valence-corrected chi connectivity index (χ0v) is 15.5. The van der Waals surface area contributed by atoms with E-state index >= 15 is 0 Å². The fourth-order valence-corrected chi connectivity index (χ4v) is 2.93. The van der Waals surface area contributed by atoms with Crippen LogP contribution in [-0.4, -0.2) is 30.8 Å². The number of pyridine rings is 1. The van der Waals surface area contributed by atoms with Gasteiger partial charge in [-0.15, -0.1) is 0 Å². The van der Waals surface area contributed by atoms with Crippen LogP contribution in [0.1, 0.15) is 0 Å². The molecule has 0 atom stereocenters. The van der Waals surface area contributed by atoms with E-state index in [4.69, 9.17) is 14.2 Å². The van der Waals surface area contributed by atoms with Crippen LogP contribution in [0.4, 0.5) is 5.69 Å². The molecule has 0 spiro atoms. The van der Waals surface area contributed by atoms with Crippen molar-refractivity contribution in [2.75, 3.05) is 21.3 Å². The van der Waals surface area contributed by atoms with Crippen LogP contribution in [0.5, 0.6) is 17.2 Å². The van der Waals surface area contributed by atoms with Crippen molar-refractivity contribution in [2.45, 2.75) is 0 Å². The van der Waals surface area contributed by atoms with Gasteiger partial charge in [0.25, 0.3) is 11.2 Å². The maximum Gasteiger partial charge on any atom is 0.269 e. The fraction of sp³-hybridized carbons (Fsp3) is 0.150. The molecule has 0 aliphatic rings. The van der Waals surface area contributed by atoms with E-state index in [2.05, 4.69) is 0 Å². The number of aromatic nitrogens is 1. The Labute approximate surface area is 160 Å². The summed E-state index contributed by atoms with van der Waals surface area (Å²) in [4.78, 5) is 23.1. The molecule has 0 fully saturated rings. The normalized spacial score (nSPS) is 10.4. The summed E-state index contributed by atoms with van der Waals surface area (Å²) in [5, 5.41) is 10.9. The molecule has 2 aromatic carbocycles. The van der Waals surface area contributed by atoms with Crippen LogP contribution in [0.15, 0.2) is 59.4 Å². The summed E-state index contributed by atoms with van der Waals surface area (Å²) < 4.78 is 17.6. The number of nitro benzene ring substituents is 1. The standard InChI is InChI=1S/C20H18N2O6/c1-26-17-11-15(12-18(27-2)20(17)28-3)21-16(5-4-6-19(21)23)13-7-9-14(10-8-13)22(24)25/h4-12H,1-3H3. The number of hydrogen-bond donors (Lipinski definition) is 0. The lowest BCUT2D eigenvalue weighted by atomic mass is 10.1. The summed E-state index contributed by atoms with van der Waals surface area (Å²) >= 11 is 0. The van der Waals surface area contributed by atoms with Crippen molar-refractivity contribution in [3.63, 3.8) is 0 Å². The second kappa shape index (κ2) is 7.83. The van der Waals surface area contributed by atoms with E-state index in [1.165, 1.54) is 44.1 Å². The molecular formula is C20H18N2O6. The topological polar surface area (TPSA) is 92.8 Å². The van der Waals surface area contributed by atoms with Gasteiger partial charge in [0, 0.05) is 30.3 Å². The van der Waals surface area contributed by atoms with Crippen LogP contribution in [-0.2, 0) is 0 Å². The summed E-state index contributed by atoms with van der Waals surface area (Å²) in [6.07, 6.45) is 0. The number of nitrogens with zero attached hydrogens (tertiary/aromatic N) is 2. The lowest BCUT2D eigenvalue weighted by molar-refractivity contribution is -0.384. The Morgan fingerprint density at radius 3 is 2.00 bits per heavy atom. The predicted molar refractivity (Wildman–Crippen MR) is 104 cm³/mol. The van der Waals surface area contributed by atoms with Gasteiger partial charge >= 0.3 is 0 Å². The summed E-state index contributed by atoms with van der Waals surface area (Å²) in [6, 6.07) is 14.1. The molecule has 28 heavy (non-hydrogen) atoms. The minimum atomic E-state index is -0.471. The SMILES string of the molecule is COc1cc(-n2c(-c3ccc([N+](=O)[O-])cc3)cccc2=O)cc(OC)c1OC. The Bertz CT molecular complexity index is 1050. The first-order chi connectivity index (χ1) is 13.5. The van der Waals surface area contributed by atoms with Gasteiger partial charge in [0.1, 0.15) is 0 Å². The van der Waals surface area contributed by atoms with Crippen LogP contribution in [0.2, 0.25) is 0 Å². The highest BCUT2D eigenvalue weighted by atomic mass is 16.6. The monoisotopic (exact) mass is 382 g/mol. The first-order valence-corrected chi connectivity index (χ1v) is 8.27. The molecule has 0 aliphatic carbocycles. The Kier molecular flexibility index (Phi) is 5.30. The second-order valence-electron chi connectivity index (χ2n) is 5.77. The summed E-state index contributed by atoms with van der Waals surface area (Å²) in [6.45, 7) is 0. The molecule has 0 aliphatic heterocycles. The van der Waals surface area contributed by atoms with E-state index in [1.807, 2.05) is 0 Å². The average Bonchev–Trinajstić information content (AvgIpc) is 2.72. The molecule has 1 aromatic heterocycles. The molecule has 3 aromatic rings. The highest BCUT2D eigenvalue weighted by molar-refractivity contribution is 5.66. The van der Waals surface area contributed by atoms with Gasteiger partial charge in [-0.05, 0) is 23.8 Å². The van der Waals surface area contributed by atoms with Crippen molar-refractivity contribution in [3.05, 3.63) is 75.1 Å². The molecule has 0 radical (unpaired) electrons. The average molecular weight is 382 g/mol. The lowest BCUT2D eigenvalue weighted by Gasteiger charge is -2.17. The third-order valence-corrected chi connectivity index (χ3v) is 4.24. The molecule has 1 heterocycles. The van der Waals surface area contributed by atoms with E-state index in [0.29, 0.717) is 34.2 Å². The van der Waals surface area contributed by atoms with Gasteiger partial charge < -0.3 is 14.2 Å². The molecular weight excluding hydrogens is 364 g/mol. The zero-order valence-electron chi connectivity index (χ0n) is 15.5. The number of ether oxygens (including phenoxy) is 3. The van der Waals surface area contributed by atoms with Gasteiger partial charge in [0.2, 0.25) is 5.75 Å². The maximum atomic E-state index is 12.7. The number of non-ortho nitro benzene ring substituents is 1. The van der Waals surface area contributed by atoms with E-state index in [1.54, 1.807) is 36.4 Å². The largest absolute Gasteiger partial charge is 0.493 e. The maximum absolute atomic E-state index is 12.7. The molecule has 144 valence electrons. The van der Waals surface area contributed by atoms with Gasteiger partial charge in [-0.2, -0.15) is 0 Å². The van der Waals surface area contributed by atoms with Crippen molar-refractivity contribution in [1.82, 2.24) is 4.57 Å². The number of methoxy groups -OCH3 is 3. The zero-order chi connectivity index (χ0) is 20.3. The Morgan fingerprint density at radius 1 is 0.893 bits per heavy atom. The van der Waals surface area contributed by atoms with Crippen LogP contribution in [0.25, 0.3) is 16.9 Å². The van der Waals surface area contributed by atoms with Crippen LogP contribution in [0.3, 0.4) is 0 Å².